The summed E-state index contributed by atoms with van der Waals surface area (Å²) in [4.78, 5) is 31.0. The summed E-state index contributed by atoms with van der Waals surface area (Å²) in [5.74, 6) is -2.51. The van der Waals surface area contributed by atoms with Gasteiger partial charge in [-0.15, -0.1) is 0 Å². The van der Waals surface area contributed by atoms with Gasteiger partial charge in [-0.2, -0.15) is 18.3 Å². The average molecular weight is 545 g/mol. The second-order valence-corrected chi connectivity index (χ2v) is 8.74. The Hall–Kier alpha value is -4.52. The number of hydrogen-bond donors (Lipinski definition) is 3. The fourth-order valence-corrected chi connectivity index (χ4v) is 3.98. The Morgan fingerprint density at radius 3 is 2.44 bits per heavy atom. The van der Waals surface area contributed by atoms with Crippen LogP contribution in [-0.2, 0) is 0 Å². The first kappa shape index (κ1) is 27.5. The number of anilines is 1. The first-order valence-electron chi connectivity index (χ1n) is 11.7. The maximum atomic E-state index is 14.1. The van der Waals surface area contributed by atoms with Crippen LogP contribution in [0.3, 0.4) is 0 Å². The number of hydrogen-bond acceptors (Lipinski definition) is 6. The molecule has 2 amide bonds. The van der Waals surface area contributed by atoms with E-state index in [4.69, 9.17) is 5.73 Å². The van der Waals surface area contributed by atoms with Gasteiger partial charge in [0.25, 0.3) is 11.8 Å². The number of fused-ring (bicyclic) bond motifs is 1. The molecule has 0 aliphatic heterocycles. The molecule has 2 aromatic carbocycles. The number of carbonyl (C=O) groups is 2. The molecule has 0 bridgehead atoms. The number of aliphatic hydroxyl groups is 1. The molecule has 0 fully saturated rings. The predicted octanol–water partition coefficient (Wildman–Crippen LogP) is 3.33. The molecule has 2 heterocycles. The number of likely N-dealkylation sites (N-methyl/N-ethyl adjacent to an activating group) is 1. The van der Waals surface area contributed by atoms with Crippen LogP contribution in [-0.4, -0.2) is 68.0 Å². The number of nitrogen functional groups attached to an aromatic ring is 1. The van der Waals surface area contributed by atoms with Crippen molar-refractivity contribution in [3.8, 4) is 5.69 Å². The van der Waals surface area contributed by atoms with Crippen LogP contribution in [0.5, 0.6) is 0 Å². The van der Waals surface area contributed by atoms with Gasteiger partial charge in [0.2, 0.25) is 0 Å². The minimum absolute atomic E-state index is 0.0736. The maximum absolute atomic E-state index is 14.1. The lowest BCUT2D eigenvalue weighted by Gasteiger charge is -2.35. The third-order valence-corrected chi connectivity index (χ3v) is 6.18. The fraction of sp³-hybridized carbons (Fsp3) is 0.231. The first-order valence-corrected chi connectivity index (χ1v) is 11.7. The lowest BCUT2D eigenvalue weighted by molar-refractivity contribution is -0.259. The van der Waals surface area contributed by atoms with Crippen molar-refractivity contribution < 1.29 is 32.3 Å². The van der Waals surface area contributed by atoms with Crippen LogP contribution in [0.1, 0.15) is 27.6 Å². The molecule has 1 unspecified atom stereocenters. The number of para-hydroxylation sites is 1. The molecule has 13 heteroatoms. The lowest BCUT2D eigenvalue weighted by atomic mass is 10.0. The van der Waals surface area contributed by atoms with Crippen LogP contribution in [0, 0.1) is 5.82 Å². The van der Waals surface area contributed by atoms with E-state index >= 15 is 0 Å². The number of rotatable bonds is 8. The second kappa shape index (κ2) is 10.7. The summed E-state index contributed by atoms with van der Waals surface area (Å²) in [5.41, 5.74) is 2.91. The molecule has 4 N–H and O–H groups in total. The van der Waals surface area contributed by atoms with E-state index in [2.05, 4.69) is 10.1 Å². The van der Waals surface area contributed by atoms with E-state index in [1.54, 1.807) is 24.3 Å². The van der Waals surface area contributed by atoms with Crippen molar-refractivity contribution in [1.82, 2.24) is 25.0 Å². The molecule has 2 aromatic heterocycles. The maximum Gasteiger partial charge on any atom is 0.420 e. The largest absolute Gasteiger partial charge is 0.420 e. The molecular weight excluding hydrogens is 520 g/mol. The monoisotopic (exact) mass is 544 g/mol. The number of alkyl halides is 3. The highest BCUT2D eigenvalue weighted by Gasteiger charge is 2.55. The van der Waals surface area contributed by atoms with Crippen LogP contribution in [0.15, 0.2) is 67.0 Å². The van der Waals surface area contributed by atoms with Gasteiger partial charge < -0.3 is 21.1 Å². The summed E-state index contributed by atoms with van der Waals surface area (Å²) >= 11 is 0. The summed E-state index contributed by atoms with van der Waals surface area (Å²) in [6, 6.07) is 13.1. The van der Waals surface area contributed by atoms with Crippen molar-refractivity contribution >= 4 is 28.5 Å². The third kappa shape index (κ3) is 5.53. The van der Waals surface area contributed by atoms with E-state index < -0.39 is 42.5 Å². The Balaban J connectivity index is 1.54. The smallest absolute Gasteiger partial charge is 0.383 e. The normalized spacial score (nSPS) is 13.2. The van der Waals surface area contributed by atoms with Crippen molar-refractivity contribution in [3.63, 3.8) is 0 Å². The summed E-state index contributed by atoms with van der Waals surface area (Å²) in [7, 11) is 0. The number of pyridine rings is 1. The van der Waals surface area contributed by atoms with Gasteiger partial charge in [0, 0.05) is 18.1 Å². The molecule has 4 aromatic rings. The number of amides is 2. The Kier molecular flexibility index (Phi) is 7.54. The molecule has 0 aliphatic carbocycles. The third-order valence-electron chi connectivity index (χ3n) is 6.18. The van der Waals surface area contributed by atoms with Crippen molar-refractivity contribution in [2.24, 2.45) is 0 Å². The average Bonchev–Trinajstić information content (AvgIpc) is 3.30. The van der Waals surface area contributed by atoms with Gasteiger partial charge in [-0.3, -0.25) is 14.6 Å². The Bertz CT molecular complexity index is 1500. The van der Waals surface area contributed by atoms with Crippen LogP contribution in [0.25, 0.3) is 16.6 Å². The summed E-state index contributed by atoms with van der Waals surface area (Å²) in [6.07, 6.45) is -2.72. The zero-order chi connectivity index (χ0) is 28.4. The van der Waals surface area contributed by atoms with Gasteiger partial charge in [0.05, 0.1) is 36.1 Å². The summed E-state index contributed by atoms with van der Waals surface area (Å²) in [6.45, 7) is -1.12. The van der Waals surface area contributed by atoms with Gasteiger partial charge in [0.15, 0.2) is 5.60 Å². The van der Waals surface area contributed by atoms with Crippen LogP contribution in [0.4, 0.5) is 23.4 Å². The number of aromatic nitrogens is 3. The highest BCUT2D eigenvalue weighted by Crippen LogP contribution is 2.32. The number of nitrogens with zero attached hydrogens (tertiary/aromatic N) is 4. The molecular formula is C26H24F4N6O3. The van der Waals surface area contributed by atoms with Gasteiger partial charge in [-0.25, -0.2) is 9.07 Å². The molecule has 4 rings (SSSR count). The Labute approximate surface area is 219 Å². The molecule has 0 aliphatic rings. The lowest BCUT2D eigenvalue weighted by Crippen LogP contribution is -2.60. The van der Waals surface area contributed by atoms with Crippen molar-refractivity contribution in [1.29, 1.82) is 0 Å². The molecule has 0 saturated carbocycles. The van der Waals surface area contributed by atoms with E-state index in [0.717, 1.165) is 27.9 Å². The van der Waals surface area contributed by atoms with Crippen LogP contribution >= 0.6 is 0 Å². The Morgan fingerprint density at radius 2 is 1.77 bits per heavy atom. The van der Waals surface area contributed by atoms with Gasteiger partial charge in [-0.1, -0.05) is 18.2 Å². The molecule has 0 saturated heterocycles. The van der Waals surface area contributed by atoms with E-state index in [1.165, 1.54) is 31.3 Å². The highest BCUT2D eigenvalue weighted by atomic mass is 19.4. The molecule has 204 valence electrons. The van der Waals surface area contributed by atoms with Crippen LogP contribution < -0.4 is 11.1 Å². The van der Waals surface area contributed by atoms with Crippen molar-refractivity contribution in [3.05, 3.63) is 83.9 Å². The second-order valence-electron chi connectivity index (χ2n) is 8.74. The topological polar surface area (TPSA) is 126 Å². The number of nitrogens with two attached hydrogens (primary N) is 1. The minimum atomic E-state index is -5.21. The zero-order valence-corrected chi connectivity index (χ0v) is 20.6. The fourth-order valence-electron chi connectivity index (χ4n) is 3.98. The Morgan fingerprint density at radius 1 is 1.08 bits per heavy atom. The molecule has 0 radical (unpaired) electrons. The first-order chi connectivity index (χ1) is 18.4. The molecule has 0 spiro atoms. The zero-order valence-electron chi connectivity index (χ0n) is 20.6. The van der Waals surface area contributed by atoms with E-state index in [9.17, 15) is 32.3 Å². The van der Waals surface area contributed by atoms with E-state index in [-0.39, 0.29) is 23.5 Å². The number of carbonyl (C=O) groups excluding carboxylic acids is 2. The van der Waals surface area contributed by atoms with Crippen LogP contribution in [0.2, 0.25) is 0 Å². The highest BCUT2D eigenvalue weighted by molar-refractivity contribution is 6.05. The number of halogens is 4. The van der Waals surface area contributed by atoms with Gasteiger partial charge in [0.1, 0.15) is 17.2 Å². The standard InChI is InChI=1S/C26H24F4N6O3/c1-2-35(24(38)19-7-3-5-16-6-4-12-32-21(16)19)15-25(39,26(28,29)30)14-33-23(37)20-13-34-36(22(20)31)18-10-8-17(27)9-11-18/h3-13,39H,2,14-15,31H2,1H3,(H,33,37). The quantitative estimate of drug-likeness (QED) is 0.292. The molecule has 39 heavy (non-hydrogen) atoms. The van der Waals surface area contributed by atoms with Crippen molar-refractivity contribution in [2.75, 3.05) is 25.4 Å². The summed E-state index contributed by atoms with van der Waals surface area (Å²) < 4.78 is 56.6. The molecule has 9 nitrogen and oxygen atoms in total. The van der Waals surface area contributed by atoms with Gasteiger partial charge >= 0.3 is 6.18 Å². The van der Waals surface area contributed by atoms with E-state index in [1.807, 2.05) is 5.32 Å². The number of benzene rings is 2. The predicted molar refractivity (Wildman–Crippen MR) is 135 cm³/mol. The summed E-state index contributed by atoms with van der Waals surface area (Å²) in [5, 5.41) is 17.3. The minimum Gasteiger partial charge on any atom is -0.383 e. The number of nitrogens with one attached hydrogen (secondary N) is 1. The SMILES string of the molecule is CCN(CC(O)(CNC(=O)c1cnn(-c2ccc(F)cc2)c1N)C(F)(F)F)C(=O)c1cccc2cccnc12. The molecule has 1 atom stereocenters. The van der Waals surface area contributed by atoms with Gasteiger partial charge in [-0.05, 0) is 43.3 Å². The van der Waals surface area contributed by atoms with E-state index in [0.29, 0.717) is 16.6 Å². The van der Waals surface area contributed by atoms with Crippen molar-refractivity contribution in [2.45, 2.75) is 18.7 Å².